The van der Waals surface area contributed by atoms with Crippen molar-refractivity contribution in [2.45, 2.75) is 94.9 Å². The average molecular weight is 753 g/mol. The fourth-order valence-electron chi connectivity index (χ4n) is 7.44. The minimum absolute atomic E-state index is 0.150. The number of benzene rings is 1. The summed E-state index contributed by atoms with van der Waals surface area (Å²) in [5, 5.41) is 5.52. The Morgan fingerprint density at radius 2 is 1.94 bits per heavy atom. The molecule has 52 heavy (non-hydrogen) atoms. The molecule has 3 aromatic rings. The van der Waals surface area contributed by atoms with Crippen LogP contribution < -0.4 is 19.5 Å². The zero-order chi connectivity index (χ0) is 39.4. The largest absolute Gasteiger partial charge is 0.496 e. The molecular weight excluding hydrogens is 703 g/mol. The van der Waals surface area contributed by atoms with E-state index in [4.69, 9.17) is 23.6 Å². The second kappa shape index (κ2) is 14.1. The van der Waals surface area contributed by atoms with E-state index in [0.29, 0.717) is 52.3 Å². The summed E-state index contributed by atoms with van der Waals surface area (Å²) in [6.07, 6.45) is 7.11. The van der Waals surface area contributed by atoms with Crippen LogP contribution in [0.1, 0.15) is 86.5 Å². The normalized spacial score (nSPS) is 28.5. The average Bonchev–Trinajstić information content (AvgIpc) is 3.99. The predicted molar refractivity (Wildman–Crippen MR) is 199 cm³/mol. The van der Waals surface area contributed by atoms with E-state index in [9.17, 15) is 22.8 Å². The highest BCUT2D eigenvalue weighted by molar-refractivity contribution is 7.91. The maximum Gasteiger partial charge on any atom is 0.259 e. The highest BCUT2D eigenvalue weighted by Gasteiger charge is 2.62. The highest BCUT2D eigenvalue weighted by atomic mass is 32.2. The number of carbonyl (C=O) groups excluding carboxylic acids is 3. The van der Waals surface area contributed by atoms with Crippen molar-refractivity contribution in [3.8, 4) is 22.2 Å². The van der Waals surface area contributed by atoms with Crippen molar-refractivity contribution in [1.29, 1.82) is 0 Å². The number of aryl methyl sites for hydroxylation is 1. The van der Waals surface area contributed by atoms with Gasteiger partial charge in [0.05, 0.1) is 39.4 Å². The van der Waals surface area contributed by atoms with Crippen LogP contribution in [-0.4, -0.2) is 78.5 Å². The lowest BCUT2D eigenvalue weighted by Gasteiger charge is -2.26. The molecule has 0 radical (unpaired) electrons. The van der Waals surface area contributed by atoms with Crippen LogP contribution in [0.15, 0.2) is 35.7 Å². The summed E-state index contributed by atoms with van der Waals surface area (Å²) < 4.78 is 62.9. The van der Waals surface area contributed by atoms with Gasteiger partial charge >= 0.3 is 0 Å². The first kappa shape index (κ1) is 32.6. The number of aromatic nitrogens is 2. The number of hydrogen-bond donors (Lipinski definition) is 2. The van der Waals surface area contributed by atoms with E-state index in [1.54, 1.807) is 37.1 Å². The van der Waals surface area contributed by atoms with E-state index < -0.39 is 57.6 Å². The monoisotopic (exact) mass is 752 g/mol. The van der Waals surface area contributed by atoms with E-state index >= 15 is 0 Å². The van der Waals surface area contributed by atoms with E-state index in [1.165, 1.54) is 11.3 Å². The van der Waals surface area contributed by atoms with Gasteiger partial charge in [-0.15, -0.1) is 11.3 Å². The Balaban J connectivity index is 1.22. The molecular formula is C38H47N5O7S2. The molecule has 3 fully saturated rings. The lowest BCUT2D eigenvalue weighted by atomic mass is 9.93. The third kappa shape index (κ3) is 7.03. The second-order valence-corrected chi connectivity index (χ2v) is 17.8. The minimum Gasteiger partial charge on any atom is -0.496 e. The molecule has 1 unspecified atom stereocenters. The van der Waals surface area contributed by atoms with E-state index in [2.05, 4.69) is 10.0 Å². The number of nitrogens with one attached hydrogen (secondary N) is 2. The smallest absolute Gasteiger partial charge is 0.259 e. The number of allylic oxidation sites excluding steroid dienone is 1. The molecule has 3 amide bonds. The predicted octanol–water partition coefficient (Wildman–Crippen LogP) is 5.25. The Morgan fingerprint density at radius 1 is 1.15 bits per heavy atom. The fourth-order valence-corrected chi connectivity index (χ4v) is 9.74. The van der Waals surface area contributed by atoms with Gasteiger partial charge in [-0.1, -0.05) is 26.0 Å². The summed E-state index contributed by atoms with van der Waals surface area (Å²) in [5.74, 6) is -2.71. The Bertz CT molecular complexity index is 2150. The SMILES string of the molecule is [2H]C([2H])([2H])Oc1ccc2c(O[C@H]3C[C@@H]4C(=O)N(C)CCCC/C=C\[C@@H]5CC5(C(=O)NS(=O)(=O)C5CC5)NC(=O)[C@@H]4C3)cc(-c3nc(C(C)C)cs3)nc2c1C. The molecule has 1 aliphatic heterocycles. The summed E-state index contributed by atoms with van der Waals surface area (Å²) in [4.78, 5) is 53.4. The molecule has 12 nitrogen and oxygen atoms in total. The van der Waals surface area contributed by atoms with Crippen molar-refractivity contribution in [2.24, 2.45) is 17.8 Å². The van der Waals surface area contributed by atoms with Gasteiger partial charge in [-0.2, -0.15) is 0 Å². The number of amides is 3. The molecule has 3 aliphatic carbocycles. The van der Waals surface area contributed by atoms with E-state index in [-0.39, 0.29) is 42.8 Å². The third-order valence-electron chi connectivity index (χ3n) is 10.9. The maximum absolute atomic E-state index is 14.3. The van der Waals surface area contributed by atoms with Crippen molar-refractivity contribution in [1.82, 2.24) is 24.9 Å². The molecule has 0 saturated heterocycles. The van der Waals surface area contributed by atoms with Crippen molar-refractivity contribution in [2.75, 3.05) is 20.6 Å². The van der Waals surface area contributed by atoms with Crippen LogP contribution in [0.3, 0.4) is 0 Å². The van der Waals surface area contributed by atoms with Crippen LogP contribution in [-0.2, 0) is 24.4 Å². The number of ether oxygens (including phenoxy) is 2. The minimum atomic E-state index is -3.86. The molecule has 0 spiro atoms. The van der Waals surface area contributed by atoms with Gasteiger partial charge in [-0.3, -0.25) is 19.1 Å². The molecule has 7 rings (SSSR count). The molecule has 3 saturated carbocycles. The molecule has 0 bridgehead atoms. The number of sulfonamides is 1. The number of rotatable bonds is 8. The van der Waals surface area contributed by atoms with Crippen molar-refractivity contribution < 1.29 is 36.4 Å². The van der Waals surface area contributed by atoms with E-state index in [0.717, 1.165) is 25.0 Å². The molecule has 3 heterocycles. The van der Waals surface area contributed by atoms with Gasteiger partial charge in [-0.05, 0) is 76.3 Å². The fraction of sp³-hybridized carbons (Fsp3) is 0.553. The summed E-state index contributed by atoms with van der Waals surface area (Å²) >= 11 is 1.43. The van der Waals surface area contributed by atoms with Crippen molar-refractivity contribution in [3.63, 3.8) is 0 Å². The number of methoxy groups -OCH3 is 1. The summed E-state index contributed by atoms with van der Waals surface area (Å²) in [6, 6.07) is 5.03. The number of nitrogens with zero attached hydrogens (tertiary/aromatic N) is 3. The third-order valence-corrected chi connectivity index (χ3v) is 13.6. The number of carbonyl (C=O) groups is 3. The number of thiazole rings is 1. The van der Waals surface area contributed by atoms with Gasteiger partial charge in [0.2, 0.25) is 21.8 Å². The first-order valence-corrected chi connectivity index (χ1v) is 20.4. The van der Waals surface area contributed by atoms with Crippen LogP contribution >= 0.6 is 11.3 Å². The molecule has 2 aromatic heterocycles. The Morgan fingerprint density at radius 3 is 2.67 bits per heavy atom. The first-order valence-electron chi connectivity index (χ1n) is 19.5. The summed E-state index contributed by atoms with van der Waals surface area (Å²) in [6.45, 7) is 6.33. The van der Waals surface area contributed by atoms with Crippen LogP contribution in [0, 0.1) is 24.7 Å². The highest BCUT2D eigenvalue weighted by Crippen LogP contribution is 2.47. The zero-order valence-corrected chi connectivity index (χ0v) is 31.4. The van der Waals surface area contributed by atoms with Gasteiger partial charge in [0.25, 0.3) is 5.91 Å². The lowest BCUT2D eigenvalue weighted by molar-refractivity contribution is -0.140. The Kier molecular flexibility index (Phi) is 8.82. The summed E-state index contributed by atoms with van der Waals surface area (Å²) in [5.41, 5.74) is 0.930. The van der Waals surface area contributed by atoms with Crippen LogP contribution in [0.5, 0.6) is 11.5 Å². The topological polar surface area (TPSA) is 157 Å². The zero-order valence-electron chi connectivity index (χ0n) is 32.8. The molecule has 1 aromatic carbocycles. The molecule has 4 aliphatic rings. The van der Waals surface area contributed by atoms with Crippen LogP contribution in [0.4, 0.5) is 0 Å². The quantitative estimate of drug-likeness (QED) is 0.293. The maximum atomic E-state index is 14.3. The number of fused-ring (bicyclic) bond motifs is 3. The van der Waals surface area contributed by atoms with Crippen molar-refractivity contribution in [3.05, 3.63) is 47.0 Å². The van der Waals surface area contributed by atoms with E-state index in [1.807, 2.05) is 31.4 Å². The van der Waals surface area contributed by atoms with Crippen LogP contribution in [0.25, 0.3) is 21.6 Å². The molecule has 14 heteroatoms. The van der Waals surface area contributed by atoms with Gasteiger partial charge in [0.1, 0.15) is 33.8 Å². The molecule has 5 atom stereocenters. The van der Waals surface area contributed by atoms with Gasteiger partial charge in [-0.25, -0.2) is 18.4 Å². The Hall–Kier alpha value is -4.04. The first-order chi connectivity index (χ1) is 26.0. The molecule has 278 valence electrons. The molecule has 2 N–H and O–H groups in total. The standard InChI is InChI=1S/C38H47N5O7S2/c1-21(2)30-20-51-35(40-30)29-18-32(26-13-14-31(49-5)22(3)33(26)39-29)50-24-16-27-28(17-24)36(45)43(4)15-9-7-6-8-10-23-19-38(23,41-34(27)44)37(46)42-52(47,48)25-11-12-25/h8,10,13-14,18,20-21,23-25,27-28H,6-7,9,11-12,15-17,19H2,1-5H3,(H,41,44)(H,42,46)/b10-8-/t23-,24-,27-,28+,38?/m1/s1/i5D3. The Labute approximate surface area is 313 Å². The summed E-state index contributed by atoms with van der Waals surface area (Å²) in [7, 11) is -4.81. The second-order valence-electron chi connectivity index (χ2n) is 15.0. The van der Waals surface area contributed by atoms with Crippen molar-refractivity contribution >= 4 is 50.0 Å². The van der Waals surface area contributed by atoms with Crippen LogP contribution in [0.2, 0.25) is 0 Å². The lowest BCUT2D eigenvalue weighted by Crippen LogP contribution is -2.54. The van der Waals surface area contributed by atoms with Gasteiger partial charge < -0.3 is 19.7 Å². The number of pyridine rings is 1. The van der Waals surface area contributed by atoms with Gasteiger partial charge in [0.15, 0.2) is 0 Å². The van der Waals surface area contributed by atoms with Gasteiger partial charge in [0, 0.05) is 41.9 Å². The number of hydrogen-bond acceptors (Lipinski definition) is 10.